The molecule has 0 aliphatic heterocycles. The number of alkyl halides is 3. The maximum atomic E-state index is 15.8. The van der Waals surface area contributed by atoms with Gasteiger partial charge in [-0.2, -0.15) is 23.7 Å². The Bertz CT molecular complexity index is 4750. The van der Waals surface area contributed by atoms with Gasteiger partial charge in [0, 0.05) is 54.9 Å². The molecule has 0 spiro atoms. The van der Waals surface area contributed by atoms with Gasteiger partial charge in [0.25, 0.3) is 0 Å². The van der Waals surface area contributed by atoms with Crippen molar-refractivity contribution < 1.29 is 13.2 Å². The summed E-state index contributed by atoms with van der Waals surface area (Å²) in [7, 11) is 0. The highest BCUT2D eigenvalue weighted by Crippen LogP contribution is 2.49. The fourth-order valence-corrected chi connectivity index (χ4v) is 11.5. The van der Waals surface area contributed by atoms with Gasteiger partial charge in [-0.15, -0.1) is 0 Å². The van der Waals surface area contributed by atoms with E-state index in [2.05, 4.69) is 26.0 Å². The molecular weight excluding hydrogens is 1060 g/mol. The lowest BCUT2D eigenvalue weighted by Gasteiger charge is -2.24. The van der Waals surface area contributed by atoms with Crippen LogP contribution in [0.5, 0.6) is 0 Å². The van der Waals surface area contributed by atoms with Crippen LogP contribution in [-0.4, -0.2) is 68.9 Å². The van der Waals surface area contributed by atoms with Crippen LogP contribution in [-0.2, 0) is 6.18 Å². The fourth-order valence-electron chi connectivity index (χ4n) is 11.5. The lowest BCUT2D eigenvalue weighted by molar-refractivity contribution is -0.137. The van der Waals surface area contributed by atoms with Gasteiger partial charge in [0.15, 0.2) is 23.3 Å². The van der Waals surface area contributed by atoms with Crippen molar-refractivity contribution in [2.45, 2.75) is 61.6 Å². The van der Waals surface area contributed by atoms with E-state index in [0.29, 0.717) is 137 Å². The van der Waals surface area contributed by atoms with Crippen molar-refractivity contribution in [2.24, 2.45) is 0 Å². The smallest absolute Gasteiger partial charge is 0.309 e. The minimum atomic E-state index is -4.92. The Kier molecular flexibility index (Phi) is 12.4. The predicted molar refractivity (Wildman–Crippen MR) is 314 cm³/mol. The molecule has 6 heterocycles. The van der Waals surface area contributed by atoms with Gasteiger partial charge in [0.1, 0.15) is 46.6 Å². The van der Waals surface area contributed by atoms with Crippen LogP contribution in [0.1, 0.15) is 63.3 Å². The van der Waals surface area contributed by atoms with E-state index in [0.717, 1.165) is 27.6 Å². The van der Waals surface area contributed by atoms with E-state index < -0.39 is 11.7 Å². The van der Waals surface area contributed by atoms with Gasteiger partial charge in [-0.05, 0) is 170 Å². The molecule has 0 bridgehead atoms. The number of rotatable bonds is 8. The third-order valence-electron chi connectivity index (χ3n) is 14.7. The molecule has 0 N–H and O–H groups in total. The van der Waals surface area contributed by atoms with Gasteiger partial charge in [-0.1, -0.05) is 24.3 Å². The molecule has 0 saturated carbocycles. The summed E-state index contributed by atoms with van der Waals surface area (Å²) >= 11 is 0. The highest BCUT2D eigenvalue weighted by molar-refractivity contribution is 6.14. The molecule has 0 atom stereocenters. The summed E-state index contributed by atoms with van der Waals surface area (Å²) in [6.07, 6.45) is -4.92. The second-order valence-corrected chi connectivity index (χ2v) is 20.5. The molecule has 0 saturated heterocycles. The van der Waals surface area contributed by atoms with Gasteiger partial charge in [-0.25, -0.2) is 59.8 Å². The van der Waals surface area contributed by atoms with E-state index >= 15 is 13.2 Å². The fraction of sp³-hybridized carbons (Fsp3) is 0.138. The van der Waals surface area contributed by atoms with E-state index in [9.17, 15) is 10.5 Å². The summed E-state index contributed by atoms with van der Waals surface area (Å²) in [4.78, 5) is 55.4. The second-order valence-electron chi connectivity index (χ2n) is 20.5. The van der Waals surface area contributed by atoms with Gasteiger partial charge in [-0.3, -0.25) is 0 Å². The Hall–Kier alpha value is -11.1. The van der Waals surface area contributed by atoms with Crippen molar-refractivity contribution in [3.63, 3.8) is 0 Å². The molecule has 406 valence electrons. The largest absolute Gasteiger partial charge is 0.417 e. The Morgan fingerprint density at radius 3 is 1.04 bits per heavy atom. The Labute approximate surface area is 477 Å². The average Bonchev–Trinajstić information content (AvgIpc) is 2.21. The van der Waals surface area contributed by atoms with Crippen molar-refractivity contribution in [2.75, 3.05) is 0 Å². The SMILES string of the molecule is Cc1nc(C)nc(-c2ccc3c(c2)c2cc(-c4nc(C)nc(C)n4)ccc2n3-c2cccc(C#N)c2-c2c(-c3ccc(C#N)cc3C(F)(F)F)cccc2-n2c3ccc(-c4nc(C)nc(C)n4)cc3c3cc(-c4nc(C)nc(C)n4)ccc32)n1. The number of benzene rings is 7. The highest BCUT2D eigenvalue weighted by atomic mass is 19.4. The standard InChI is InChI=1S/C65H45F3N16/c1-32-71-33(2)76-61(75-32)41-16-21-53-48(26-41)49-27-42(62-77-34(3)72-35(4)78-62)17-22-54(49)83(53)57-13-9-11-45(31-70)59(57)60-47(46-20-15-40(30-69)25-52(46)65(66,67)68)12-10-14-58(60)84-55-23-18-43(63-79-36(5)73-37(6)80-63)28-50(55)51-29-44(19-24-56(51)84)64-81-38(7)74-39(8)82-64/h9-29H,1-8H3. The lowest BCUT2D eigenvalue weighted by atomic mass is 9.86. The van der Waals surface area contributed by atoms with Crippen molar-refractivity contribution in [3.05, 3.63) is 191 Å². The molecule has 0 radical (unpaired) electrons. The number of nitriles is 2. The predicted octanol–water partition coefficient (Wildman–Crippen LogP) is 13.9. The highest BCUT2D eigenvalue weighted by Gasteiger charge is 2.36. The lowest BCUT2D eigenvalue weighted by Crippen LogP contribution is -2.10. The van der Waals surface area contributed by atoms with E-state index in [1.807, 2.05) is 128 Å². The molecule has 7 aromatic carbocycles. The topological polar surface area (TPSA) is 212 Å². The van der Waals surface area contributed by atoms with E-state index in [1.165, 1.54) is 12.1 Å². The Balaban J connectivity index is 1.17. The van der Waals surface area contributed by atoms with Gasteiger partial charge < -0.3 is 9.13 Å². The van der Waals surface area contributed by atoms with Crippen LogP contribution in [0.25, 0.3) is 123 Å². The number of halogens is 3. The zero-order chi connectivity index (χ0) is 58.5. The number of aromatic nitrogens is 14. The van der Waals surface area contributed by atoms with Crippen LogP contribution in [0.3, 0.4) is 0 Å². The van der Waals surface area contributed by atoms with Crippen LogP contribution >= 0.6 is 0 Å². The number of nitrogens with zero attached hydrogens (tertiary/aromatic N) is 16. The number of fused-ring (bicyclic) bond motifs is 6. The van der Waals surface area contributed by atoms with Gasteiger partial charge in [0.2, 0.25) is 0 Å². The molecule has 19 heteroatoms. The maximum Gasteiger partial charge on any atom is 0.417 e. The Morgan fingerprint density at radius 1 is 0.357 bits per heavy atom. The van der Waals surface area contributed by atoms with E-state index in [4.69, 9.17) is 39.9 Å². The third-order valence-corrected chi connectivity index (χ3v) is 14.7. The molecule has 13 rings (SSSR count). The summed E-state index contributed by atoms with van der Waals surface area (Å²) in [5, 5.41) is 24.6. The van der Waals surface area contributed by atoms with Crippen LogP contribution in [0, 0.1) is 78.1 Å². The first kappa shape index (κ1) is 52.3. The molecule has 16 nitrogen and oxygen atoms in total. The normalized spacial score (nSPS) is 11.7. The molecule has 0 aliphatic rings. The molecular formula is C65H45F3N16. The molecule has 6 aromatic heterocycles. The molecule has 0 unspecified atom stereocenters. The summed E-state index contributed by atoms with van der Waals surface area (Å²) < 4.78 is 51.5. The maximum absolute atomic E-state index is 15.8. The minimum Gasteiger partial charge on any atom is -0.309 e. The van der Waals surface area contributed by atoms with Gasteiger partial charge >= 0.3 is 6.18 Å². The summed E-state index contributed by atoms with van der Waals surface area (Å²) in [5.74, 6) is 6.24. The molecule has 0 fully saturated rings. The first-order valence-electron chi connectivity index (χ1n) is 26.7. The Morgan fingerprint density at radius 2 is 0.702 bits per heavy atom. The zero-order valence-corrected chi connectivity index (χ0v) is 46.4. The molecule has 0 amide bonds. The monoisotopic (exact) mass is 1110 g/mol. The quantitative estimate of drug-likeness (QED) is 0.138. The van der Waals surface area contributed by atoms with Crippen LogP contribution in [0.4, 0.5) is 13.2 Å². The minimum absolute atomic E-state index is 0.148. The van der Waals surface area contributed by atoms with Crippen molar-refractivity contribution in [3.8, 4) is 91.3 Å². The molecule has 13 aromatic rings. The first-order chi connectivity index (χ1) is 40.4. The summed E-state index contributed by atoms with van der Waals surface area (Å²) in [5.41, 5.74) is 6.05. The number of hydrogen-bond donors (Lipinski definition) is 0. The second kappa shape index (κ2) is 19.9. The van der Waals surface area contributed by atoms with Crippen molar-refractivity contribution >= 4 is 43.6 Å². The zero-order valence-electron chi connectivity index (χ0n) is 46.4. The van der Waals surface area contributed by atoms with E-state index in [1.54, 1.807) is 52.0 Å². The van der Waals surface area contributed by atoms with Crippen LogP contribution < -0.4 is 0 Å². The number of hydrogen-bond acceptors (Lipinski definition) is 14. The van der Waals surface area contributed by atoms with Crippen LogP contribution in [0.15, 0.2) is 127 Å². The van der Waals surface area contributed by atoms with Crippen LogP contribution in [0.2, 0.25) is 0 Å². The summed E-state index contributed by atoms with van der Waals surface area (Å²) in [6, 6.07) is 42.0. The van der Waals surface area contributed by atoms with Crippen molar-refractivity contribution in [1.29, 1.82) is 10.5 Å². The molecule has 84 heavy (non-hydrogen) atoms. The summed E-state index contributed by atoms with van der Waals surface area (Å²) in [6.45, 7) is 14.5. The number of aryl methyl sites for hydroxylation is 8. The third kappa shape index (κ3) is 9.04. The molecule has 0 aliphatic carbocycles. The first-order valence-corrected chi connectivity index (χ1v) is 26.7. The average molecular weight is 1110 g/mol. The van der Waals surface area contributed by atoms with Crippen molar-refractivity contribution in [1.82, 2.24) is 68.9 Å². The van der Waals surface area contributed by atoms with Gasteiger partial charge in [0.05, 0.1) is 62.3 Å². The van der Waals surface area contributed by atoms with E-state index in [-0.39, 0.29) is 22.3 Å².